The van der Waals surface area contributed by atoms with Crippen LogP contribution in [0.25, 0.3) is 33.4 Å². The van der Waals surface area contributed by atoms with Crippen molar-refractivity contribution in [2.45, 2.75) is 71.6 Å². The van der Waals surface area contributed by atoms with E-state index in [1.165, 1.54) is 25.3 Å². The predicted octanol–water partition coefficient (Wildman–Crippen LogP) is 8.72. The van der Waals surface area contributed by atoms with E-state index in [9.17, 15) is 19.5 Å². The molecule has 2 aromatic carbocycles. The molecule has 0 radical (unpaired) electrons. The SMILES string of the molecule is CC1=C(C)C(=O)C(CCCCCCCCCCNc2ccc3c(-c4ccccc4C(=O)O)c4ccc(=N)cc-4oc3c2)=CC1=O. The first-order valence-electron chi connectivity index (χ1n) is 15.8. The van der Waals surface area contributed by atoms with Crippen LogP contribution in [0.1, 0.15) is 82.0 Å². The molecule has 0 unspecified atom stereocenters. The molecule has 232 valence electrons. The van der Waals surface area contributed by atoms with Crippen LogP contribution in [0.2, 0.25) is 0 Å². The van der Waals surface area contributed by atoms with Crippen molar-refractivity contribution in [1.29, 1.82) is 5.41 Å². The topological polar surface area (TPSA) is 120 Å². The Morgan fingerprint density at radius 2 is 1.53 bits per heavy atom. The number of anilines is 1. The van der Waals surface area contributed by atoms with Gasteiger partial charge in [-0.25, -0.2) is 4.79 Å². The first kappa shape index (κ1) is 31.6. The summed E-state index contributed by atoms with van der Waals surface area (Å²) in [6.45, 7) is 4.30. The average molecular weight is 605 g/mol. The molecule has 0 bridgehead atoms. The molecule has 0 atom stereocenters. The molecule has 3 N–H and O–H groups in total. The Hall–Kier alpha value is -4.78. The van der Waals surface area contributed by atoms with Gasteiger partial charge in [-0.1, -0.05) is 56.7 Å². The molecule has 2 aliphatic carbocycles. The zero-order valence-electron chi connectivity index (χ0n) is 26.0. The number of carboxylic acids is 1. The Kier molecular flexibility index (Phi) is 10.1. The molecular weight excluding hydrogens is 564 g/mol. The first-order chi connectivity index (χ1) is 21.7. The van der Waals surface area contributed by atoms with Crippen LogP contribution in [0, 0.1) is 5.41 Å². The van der Waals surface area contributed by atoms with Crippen molar-refractivity contribution in [3.05, 3.63) is 94.4 Å². The number of hydrogen-bond acceptors (Lipinski definition) is 6. The van der Waals surface area contributed by atoms with Crippen LogP contribution in [0.15, 0.2) is 87.9 Å². The van der Waals surface area contributed by atoms with Gasteiger partial charge in [0.15, 0.2) is 11.6 Å². The van der Waals surface area contributed by atoms with Crippen molar-refractivity contribution in [2.75, 3.05) is 11.9 Å². The summed E-state index contributed by atoms with van der Waals surface area (Å²) in [5.41, 5.74) is 5.77. The van der Waals surface area contributed by atoms with Crippen molar-refractivity contribution in [3.8, 4) is 22.5 Å². The highest BCUT2D eigenvalue weighted by Gasteiger charge is 2.23. The number of unbranched alkanes of at least 4 members (excludes halogenated alkanes) is 7. The number of benzene rings is 3. The predicted molar refractivity (Wildman–Crippen MR) is 178 cm³/mol. The first-order valence-corrected chi connectivity index (χ1v) is 15.8. The fourth-order valence-corrected chi connectivity index (χ4v) is 6.03. The molecular formula is C38H40N2O5. The fourth-order valence-electron chi connectivity index (χ4n) is 6.03. The van der Waals surface area contributed by atoms with Crippen LogP contribution in [-0.4, -0.2) is 29.2 Å². The minimum atomic E-state index is -0.991. The quantitative estimate of drug-likeness (QED) is 0.0752. The number of carbonyl (C=O) groups is 3. The number of fused-ring (bicyclic) bond motifs is 2. The Morgan fingerprint density at radius 3 is 2.29 bits per heavy atom. The fraction of sp³-hybridized carbons (Fsp3) is 0.316. The van der Waals surface area contributed by atoms with Gasteiger partial charge in [-0.3, -0.25) is 9.59 Å². The van der Waals surface area contributed by atoms with Gasteiger partial charge in [0.05, 0.1) is 10.9 Å². The number of allylic oxidation sites excluding steroid dienone is 4. The number of carbonyl (C=O) groups excluding carboxylic acids is 2. The van der Waals surface area contributed by atoms with Crippen LogP contribution in [0.5, 0.6) is 0 Å². The second-order valence-electron chi connectivity index (χ2n) is 11.9. The summed E-state index contributed by atoms with van der Waals surface area (Å²) < 4.78 is 6.24. The van der Waals surface area contributed by atoms with Crippen LogP contribution >= 0.6 is 0 Å². The van der Waals surface area contributed by atoms with E-state index in [0.717, 1.165) is 60.8 Å². The number of aromatic carboxylic acids is 1. The summed E-state index contributed by atoms with van der Waals surface area (Å²) in [4.78, 5) is 36.4. The third kappa shape index (κ3) is 7.31. The van der Waals surface area contributed by atoms with Crippen molar-refractivity contribution in [1.82, 2.24) is 0 Å². The third-order valence-electron chi connectivity index (χ3n) is 8.72. The summed E-state index contributed by atoms with van der Waals surface area (Å²) in [7, 11) is 0. The molecule has 0 amide bonds. The third-order valence-corrected chi connectivity index (χ3v) is 8.72. The van der Waals surface area contributed by atoms with E-state index in [1.807, 2.05) is 36.4 Å². The number of hydrogen-bond donors (Lipinski definition) is 3. The van der Waals surface area contributed by atoms with Gasteiger partial charge in [0.1, 0.15) is 11.3 Å². The Bertz CT molecular complexity index is 1840. The van der Waals surface area contributed by atoms with Gasteiger partial charge in [0, 0.05) is 57.6 Å². The maximum absolute atomic E-state index is 12.4. The minimum Gasteiger partial charge on any atom is -0.478 e. The second-order valence-corrected chi connectivity index (χ2v) is 11.9. The lowest BCUT2D eigenvalue weighted by Crippen LogP contribution is -2.16. The molecule has 2 aromatic rings. The van der Waals surface area contributed by atoms with Crippen LogP contribution in [-0.2, 0) is 9.59 Å². The monoisotopic (exact) mass is 604 g/mol. The van der Waals surface area contributed by atoms with Gasteiger partial charge in [0.25, 0.3) is 0 Å². The van der Waals surface area contributed by atoms with Gasteiger partial charge in [0.2, 0.25) is 0 Å². The highest BCUT2D eigenvalue weighted by molar-refractivity contribution is 6.22. The zero-order valence-corrected chi connectivity index (χ0v) is 26.0. The van der Waals surface area contributed by atoms with Crippen molar-refractivity contribution < 1.29 is 23.9 Å². The summed E-state index contributed by atoms with van der Waals surface area (Å²) in [5.74, 6) is -0.451. The number of carboxylic acid groups (broad SMARTS) is 1. The molecule has 1 heterocycles. The van der Waals surface area contributed by atoms with E-state index in [4.69, 9.17) is 9.83 Å². The number of ketones is 2. The normalized spacial score (nSPS) is 13.5. The smallest absolute Gasteiger partial charge is 0.336 e. The van der Waals surface area contributed by atoms with Gasteiger partial charge < -0.3 is 20.2 Å². The average Bonchev–Trinajstić information content (AvgIpc) is 3.03. The standard InChI is InChI=1S/C38H40N2O5/c1-24-25(2)37(42)26(21-33(24)41)13-9-7-5-3-4-6-8-12-20-40-28-17-19-32-35(23-28)45-34-22-27(39)16-18-31(34)36(32)29-14-10-11-15-30(29)38(43)44/h10-11,14-19,21-23,39-40H,3-9,12-13,20H2,1-2H3,(H,43,44). The molecule has 1 aliphatic heterocycles. The van der Waals surface area contributed by atoms with Gasteiger partial charge in [-0.15, -0.1) is 0 Å². The van der Waals surface area contributed by atoms with E-state index in [1.54, 1.807) is 38.1 Å². The van der Waals surface area contributed by atoms with Gasteiger partial charge >= 0.3 is 5.97 Å². The molecule has 3 aliphatic rings. The highest BCUT2D eigenvalue weighted by atomic mass is 16.4. The molecule has 0 saturated carbocycles. The lowest BCUT2D eigenvalue weighted by atomic mass is 9.88. The van der Waals surface area contributed by atoms with Crippen molar-refractivity contribution in [3.63, 3.8) is 0 Å². The molecule has 5 rings (SSSR count). The largest absolute Gasteiger partial charge is 0.478 e. The van der Waals surface area contributed by atoms with E-state index in [2.05, 4.69) is 5.32 Å². The van der Waals surface area contributed by atoms with Crippen molar-refractivity contribution in [2.24, 2.45) is 0 Å². The zero-order chi connectivity index (χ0) is 31.9. The number of rotatable bonds is 14. The molecule has 0 spiro atoms. The minimum absolute atomic E-state index is 0.0290. The number of nitrogens with one attached hydrogen (secondary N) is 2. The lowest BCUT2D eigenvalue weighted by molar-refractivity contribution is -0.116. The lowest BCUT2D eigenvalue weighted by Gasteiger charge is -2.17. The maximum Gasteiger partial charge on any atom is 0.336 e. The van der Waals surface area contributed by atoms with Crippen LogP contribution < -0.4 is 10.7 Å². The highest BCUT2D eigenvalue weighted by Crippen LogP contribution is 2.41. The van der Waals surface area contributed by atoms with E-state index < -0.39 is 5.97 Å². The summed E-state index contributed by atoms with van der Waals surface area (Å²) in [6.07, 6.45) is 11.1. The summed E-state index contributed by atoms with van der Waals surface area (Å²) in [6, 6.07) is 18.1. The summed E-state index contributed by atoms with van der Waals surface area (Å²) >= 11 is 0. The van der Waals surface area contributed by atoms with Crippen LogP contribution in [0.3, 0.4) is 0 Å². The second kappa shape index (κ2) is 14.3. The molecule has 7 nitrogen and oxygen atoms in total. The van der Waals surface area contributed by atoms with E-state index in [-0.39, 0.29) is 17.1 Å². The Balaban J connectivity index is 1.11. The molecule has 7 heteroatoms. The molecule has 45 heavy (non-hydrogen) atoms. The Labute approximate surface area is 263 Å². The number of Topliss-reactive ketones (excluding diaryl/α,β-unsaturated/α-hetero) is 1. The molecule has 0 aromatic heterocycles. The summed E-state index contributed by atoms with van der Waals surface area (Å²) in [5, 5.41) is 22.6. The Morgan fingerprint density at radius 1 is 0.822 bits per heavy atom. The van der Waals surface area contributed by atoms with Gasteiger partial charge in [-0.05, 0) is 75.1 Å². The maximum atomic E-state index is 12.4. The van der Waals surface area contributed by atoms with E-state index in [0.29, 0.717) is 45.4 Å². The molecule has 0 saturated heterocycles. The van der Waals surface area contributed by atoms with Gasteiger partial charge in [-0.2, -0.15) is 0 Å². The van der Waals surface area contributed by atoms with Crippen molar-refractivity contribution >= 4 is 34.2 Å². The molecule has 0 fully saturated rings. The van der Waals surface area contributed by atoms with E-state index >= 15 is 0 Å². The van der Waals surface area contributed by atoms with Crippen LogP contribution in [0.4, 0.5) is 5.69 Å².